The van der Waals surface area contributed by atoms with Gasteiger partial charge in [-0.25, -0.2) is 9.07 Å². The second kappa shape index (κ2) is 8.15. The zero-order chi connectivity index (χ0) is 20.3. The Morgan fingerprint density at radius 3 is 2.69 bits per heavy atom. The highest BCUT2D eigenvalue weighted by molar-refractivity contribution is 5.81. The molecule has 1 amide bonds. The summed E-state index contributed by atoms with van der Waals surface area (Å²) in [5.74, 6) is -0.526. The van der Waals surface area contributed by atoms with E-state index in [0.29, 0.717) is 11.9 Å². The standard InChI is InChI=1S/C23H24FN3O2/c24-19-9-6-8-18(13-19)23(11-4-1-5-12-23)16-25-21(28)15-27-22(29)20-10-3-2-7-17(20)14-26-27/h2-3,6-10,13-14H,1,4-5,11-12,15-16H2,(H,25,28). The molecular formula is C23H24FN3O2. The molecule has 5 nitrogen and oxygen atoms in total. The molecule has 2 aromatic carbocycles. The van der Waals surface area contributed by atoms with Crippen molar-refractivity contribution in [2.45, 2.75) is 44.1 Å². The molecule has 3 aromatic rings. The van der Waals surface area contributed by atoms with E-state index in [4.69, 9.17) is 0 Å². The van der Waals surface area contributed by atoms with Crippen LogP contribution in [0.2, 0.25) is 0 Å². The predicted molar refractivity (Wildman–Crippen MR) is 110 cm³/mol. The fraction of sp³-hybridized carbons (Fsp3) is 0.348. The summed E-state index contributed by atoms with van der Waals surface area (Å²) in [5, 5.41) is 8.39. The molecule has 29 heavy (non-hydrogen) atoms. The van der Waals surface area contributed by atoms with Gasteiger partial charge in [0.05, 0.1) is 11.6 Å². The monoisotopic (exact) mass is 393 g/mol. The number of benzene rings is 2. The lowest BCUT2D eigenvalue weighted by Gasteiger charge is -2.38. The number of aromatic nitrogens is 2. The highest BCUT2D eigenvalue weighted by Gasteiger charge is 2.34. The van der Waals surface area contributed by atoms with Gasteiger partial charge in [0, 0.05) is 17.3 Å². The van der Waals surface area contributed by atoms with Crippen molar-refractivity contribution in [3.63, 3.8) is 0 Å². The lowest BCUT2D eigenvalue weighted by atomic mass is 9.69. The quantitative estimate of drug-likeness (QED) is 0.721. The van der Waals surface area contributed by atoms with Crippen molar-refractivity contribution in [3.8, 4) is 0 Å². The number of amides is 1. The molecule has 1 aliphatic carbocycles. The number of hydrogen-bond acceptors (Lipinski definition) is 3. The van der Waals surface area contributed by atoms with E-state index >= 15 is 0 Å². The number of halogens is 1. The van der Waals surface area contributed by atoms with Gasteiger partial charge < -0.3 is 5.32 Å². The Labute approximate surface area is 168 Å². The van der Waals surface area contributed by atoms with Crippen molar-refractivity contribution in [3.05, 3.63) is 76.5 Å². The molecule has 0 bridgehead atoms. The van der Waals surface area contributed by atoms with Crippen LogP contribution in [0.15, 0.2) is 59.5 Å². The molecule has 6 heteroatoms. The van der Waals surface area contributed by atoms with Gasteiger partial charge in [-0.05, 0) is 36.6 Å². The predicted octanol–water partition coefficient (Wildman–Crippen LogP) is 3.55. The van der Waals surface area contributed by atoms with Crippen molar-refractivity contribution in [2.75, 3.05) is 6.54 Å². The summed E-state index contributed by atoms with van der Waals surface area (Å²) in [7, 11) is 0. The van der Waals surface area contributed by atoms with Crippen LogP contribution in [0, 0.1) is 5.82 Å². The number of fused-ring (bicyclic) bond motifs is 1. The fourth-order valence-corrected chi connectivity index (χ4v) is 4.31. The fourth-order valence-electron chi connectivity index (χ4n) is 4.31. The van der Waals surface area contributed by atoms with Gasteiger partial charge >= 0.3 is 0 Å². The van der Waals surface area contributed by atoms with Crippen LogP contribution in [-0.4, -0.2) is 22.2 Å². The molecule has 4 rings (SSSR count). The van der Waals surface area contributed by atoms with Crippen LogP contribution >= 0.6 is 0 Å². The summed E-state index contributed by atoms with van der Waals surface area (Å²) in [6.45, 7) is 0.292. The topological polar surface area (TPSA) is 64.0 Å². The minimum atomic E-state index is -0.282. The summed E-state index contributed by atoms with van der Waals surface area (Å²) in [6.07, 6.45) is 6.67. The molecule has 0 atom stereocenters. The highest BCUT2D eigenvalue weighted by Crippen LogP contribution is 2.39. The molecule has 1 aromatic heterocycles. The largest absolute Gasteiger partial charge is 0.354 e. The lowest BCUT2D eigenvalue weighted by Crippen LogP contribution is -2.44. The Balaban J connectivity index is 1.50. The smallest absolute Gasteiger partial charge is 0.275 e. The van der Waals surface area contributed by atoms with Crippen molar-refractivity contribution in [1.82, 2.24) is 15.1 Å². The number of nitrogens with one attached hydrogen (secondary N) is 1. The third-order valence-corrected chi connectivity index (χ3v) is 5.93. The Morgan fingerprint density at radius 1 is 1.10 bits per heavy atom. The first-order valence-corrected chi connectivity index (χ1v) is 10.1. The van der Waals surface area contributed by atoms with Crippen LogP contribution in [0.4, 0.5) is 4.39 Å². The van der Waals surface area contributed by atoms with E-state index in [2.05, 4.69) is 10.4 Å². The molecule has 150 valence electrons. The van der Waals surface area contributed by atoms with E-state index < -0.39 is 0 Å². The zero-order valence-electron chi connectivity index (χ0n) is 16.2. The Kier molecular flexibility index (Phi) is 5.43. The van der Waals surface area contributed by atoms with Gasteiger partial charge in [0.1, 0.15) is 12.4 Å². The first kappa shape index (κ1) is 19.3. The van der Waals surface area contributed by atoms with Gasteiger partial charge in [0.2, 0.25) is 5.91 Å². The molecular weight excluding hydrogens is 369 g/mol. The molecule has 1 heterocycles. The van der Waals surface area contributed by atoms with Gasteiger partial charge in [-0.1, -0.05) is 49.6 Å². The number of carbonyl (C=O) groups excluding carboxylic acids is 1. The average molecular weight is 393 g/mol. The van der Waals surface area contributed by atoms with E-state index in [0.717, 1.165) is 43.1 Å². The van der Waals surface area contributed by atoms with E-state index in [1.165, 1.54) is 10.7 Å². The van der Waals surface area contributed by atoms with Crippen molar-refractivity contribution in [1.29, 1.82) is 0 Å². The molecule has 1 N–H and O–H groups in total. The maximum atomic E-state index is 13.8. The number of nitrogens with zero attached hydrogens (tertiary/aromatic N) is 2. The molecule has 1 saturated carbocycles. The summed E-state index contributed by atoms with van der Waals surface area (Å²) < 4.78 is 15.0. The van der Waals surface area contributed by atoms with Crippen LogP contribution in [-0.2, 0) is 16.8 Å². The second-order valence-electron chi connectivity index (χ2n) is 7.82. The van der Waals surface area contributed by atoms with Gasteiger partial charge in [-0.15, -0.1) is 0 Å². The molecule has 0 spiro atoms. The van der Waals surface area contributed by atoms with Gasteiger partial charge in [-0.2, -0.15) is 5.10 Å². The van der Waals surface area contributed by atoms with Crippen LogP contribution in [0.3, 0.4) is 0 Å². The minimum absolute atomic E-state index is 0.136. The van der Waals surface area contributed by atoms with Crippen LogP contribution in [0.5, 0.6) is 0 Å². The van der Waals surface area contributed by atoms with Crippen molar-refractivity contribution in [2.24, 2.45) is 0 Å². The van der Waals surface area contributed by atoms with Gasteiger partial charge in [-0.3, -0.25) is 9.59 Å². The van der Waals surface area contributed by atoms with Crippen molar-refractivity contribution < 1.29 is 9.18 Å². The van der Waals surface area contributed by atoms with Crippen LogP contribution in [0.1, 0.15) is 37.7 Å². The maximum Gasteiger partial charge on any atom is 0.275 e. The molecule has 0 aliphatic heterocycles. The first-order chi connectivity index (χ1) is 14.1. The SMILES string of the molecule is O=C(Cn1ncc2ccccc2c1=O)NCC1(c2cccc(F)c2)CCCCC1. The number of carbonyl (C=O) groups is 1. The van der Waals surface area contributed by atoms with E-state index in [-0.39, 0.29) is 29.2 Å². The average Bonchev–Trinajstić information content (AvgIpc) is 2.75. The summed E-state index contributed by atoms with van der Waals surface area (Å²) in [6, 6.07) is 13.9. The maximum absolute atomic E-state index is 13.8. The Hall–Kier alpha value is -3.02. The van der Waals surface area contributed by atoms with E-state index in [9.17, 15) is 14.0 Å². The Bertz CT molecular complexity index is 1090. The number of hydrogen-bond donors (Lipinski definition) is 1. The molecule has 0 unspecified atom stereocenters. The van der Waals surface area contributed by atoms with Crippen LogP contribution < -0.4 is 10.9 Å². The van der Waals surface area contributed by atoms with Crippen molar-refractivity contribution >= 4 is 16.7 Å². The third-order valence-electron chi connectivity index (χ3n) is 5.93. The lowest BCUT2D eigenvalue weighted by molar-refractivity contribution is -0.122. The van der Waals surface area contributed by atoms with E-state index in [1.54, 1.807) is 30.5 Å². The molecule has 1 aliphatic rings. The van der Waals surface area contributed by atoms with E-state index in [1.807, 2.05) is 18.2 Å². The molecule has 1 fully saturated rings. The normalized spacial score (nSPS) is 15.9. The zero-order valence-corrected chi connectivity index (χ0v) is 16.2. The molecule has 0 radical (unpaired) electrons. The summed E-state index contributed by atoms with van der Waals surface area (Å²) in [5.41, 5.74) is 0.381. The van der Waals surface area contributed by atoms with Crippen LogP contribution in [0.25, 0.3) is 10.8 Å². The summed E-state index contributed by atoms with van der Waals surface area (Å²) >= 11 is 0. The number of rotatable bonds is 5. The first-order valence-electron chi connectivity index (χ1n) is 10.1. The second-order valence-corrected chi connectivity index (χ2v) is 7.82. The highest BCUT2D eigenvalue weighted by atomic mass is 19.1. The van der Waals surface area contributed by atoms with Gasteiger partial charge in [0.15, 0.2) is 0 Å². The third kappa shape index (κ3) is 4.06. The molecule has 0 saturated heterocycles. The van der Waals surface area contributed by atoms with Gasteiger partial charge in [0.25, 0.3) is 5.56 Å². The Morgan fingerprint density at radius 2 is 1.90 bits per heavy atom. The summed E-state index contributed by atoms with van der Waals surface area (Å²) in [4.78, 5) is 25.2. The minimum Gasteiger partial charge on any atom is -0.354 e.